The molecule has 0 N–H and O–H groups in total. The molecule has 0 radical (unpaired) electrons. The molecule has 0 bridgehead atoms. The van der Waals surface area contributed by atoms with E-state index in [9.17, 15) is 0 Å². The molecular weight excluding hydrogens is 272 g/mol. The Balaban J connectivity index is 2.15. The zero-order valence-electron chi connectivity index (χ0n) is 14.2. The van der Waals surface area contributed by atoms with E-state index in [4.69, 9.17) is 4.98 Å². The van der Waals surface area contributed by atoms with Gasteiger partial charge in [-0.1, -0.05) is 33.8 Å². The van der Waals surface area contributed by atoms with E-state index in [1.54, 1.807) is 0 Å². The van der Waals surface area contributed by atoms with E-state index in [2.05, 4.69) is 61.7 Å². The maximum atomic E-state index is 4.72. The predicted molar refractivity (Wildman–Crippen MR) is 91.4 cm³/mol. The van der Waals surface area contributed by atoms with Gasteiger partial charge in [-0.25, -0.2) is 9.97 Å². The first-order valence-electron chi connectivity index (χ1n) is 7.97. The van der Waals surface area contributed by atoms with E-state index in [0.29, 0.717) is 11.8 Å². The number of likely N-dealkylation sites (N-methyl/N-ethyl adjacent to an activating group) is 1. The van der Waals surface area contributed by atoms with Crippen LogP contribution in [-0.4, -0.2) is 28.5 Å². The van der Waals surface area contributed by atoms with Crippen LogP contribution in [0, 0.1) is 0 Å². The minimum atomic E-state index is 0.335. The summed E-state index contributed by atoms with van der Waals surface area (Å²) in [6.07, 6.45) is 2.75. The molecule has 0 spiro atoms. The lowest BCUT2D eigenvalue weighted by atomic mass is 10.1. The molecule has 0 aliphatic heterocycles. The van der Waals surface area contributed by atoms with Crippen LogP contribution in [0.2, 0.25) is 0 Å². The summed E-state index contributed by atoms with van der Waals surface area (Å²) in [5.41, 5.74) is 2.22. The van der Waals surface area contributed by atoms with E-state index < -0.39 is 0 Å². The molecule has 2 heterocycles. The normalized spacial score (nSPS) is 11.2. The second kappa shape index (κ2) is 7.34. The Bertz CT molecular complexity index is 567. The Morgan fingerprint density at radius 3 is 2.41 bits per heavy atom. The van der Waals surface area contributed by atoms with Crippen LogP contribution < -0.4 is 4.90 Å². The number of aromatic nitrogens is 3. The quantitative estimate of drug-likeness (QED) is 0.813. The zero-order chi connectivity index (χ0) is 16.1. The molecule has 118 valence electrons. The standard InChI is InChI=1S/C18H26N4/c1-13(2)16-12-17(21-18(20-16)14(3)4)22(5)11-9-15-8-6-7-10-19-15/h6-8,10,12-14H,9,11H2,1-5H3. The van der Waals surface area contributed by atoms with Crippen LogP contribution in [0.5, 0.6) is 0 Å². The molecule has 2 rings (SSSR count). The van der Waals surface area contributed by atoms with Crippen molar-refractivity contribution in [2.45, 2.75) is 46.0 Å². The van der Waals surface area contributed by atoms with Crippen molar-refractivity contribution in [1.82, 2.24) is 15.0 Å². The number of pyridine rings is 1. The fourth-order valence-corrected chi connectivity index (χ4v) is 2.16. The predicted octanol–water partition coefficient (Wildman–Crippen LogP) is 3.80. The molecule has 2 aromatic heterocycles. The van der Waals surface area contributed by atoms with Crippen LogP contribution in [0.1, 0.15) is 56.7 Å². The van der Waals surface area contributed by atoms with Crippen LogP contribution in [0.4, 0.5) is 5.82 Å². The summed E-state index contributed by atoms with van der Waals surface area (Å²) in [5.74, 6) is 2.66. The highest BCUT2D eigenvalue weighted by molar-refractivity contribution is 5.40. The van der Waals surface area contributed by atoms with E-state index in [1.165, 1.54) is 0 Å². The highest BCUT2D eigenvalue weighted by atomic mass is 15.2. The first-order chi connectivity index (χ1) is 10.5. The van der Waals surface area contributed by atoms with Crippen molar-refractivity contribution in [2.24, 2.45) is 0 Å². The van der Waals surface area contributed by atoms with Crippen LogP contribution in [-0.2, 0) is 6.42 Å². The second-order valence-electron chi connectivity index (χ2n) is 6.31. The summed E-state index contributed by atoms with van der Waals surface area (Å²) >= 11 is 0. The van der Waals surface area contributed by atoms with Crippen molar-refractivity contribution in [3.8, 4) is 0 Å². The Kier molecular flexibility index (Phi) is 5.47. The Morgan fingerprint density at radius 2 is 1.82 bits per heavy atom. The minimum Gasteiger partial charge on any atom is -0.359 e. The maximum absolute atomic E-state index is 4.72. The highest BCUT2D eigenvalue weighted by Crippen LogP contribution is 2.21. The number of anilines is 1. The Hall–Kier alpha value is -1.97. The molecule has 0 aliphatic carbocycles. The number of nitrogens with zero attached hydrogens (tertiary/aromatic N) is 4. The minimum absolute atomic E-state index is 0.335. The monoisotopic (exact) mass is 298 g/mol. The van der Waals surface area contributed by atoms with Gasteiger partial charge >= 0.3 is 0 Å². The molecule has 0 unspecified atom stereocenters. The molecule has 4 heteroatoms. The van der Waals surface area contributed by atoms with Crippen LogP contribution in [0.3, 0.4) is 0 Å². The van der Waals surface area contributed by atoms with Gasteiger partial charge in [-0.05, 0) is 18.1 Å². The van der Waals surface area contributed by atoms with E-state index >= 15 is 0 Å². The smallest absolute Gasteiger partial charge is 0.133 e. The molecule has 0 fully saturated rings. The van der Waals surface area contributed by atoms with Gasteiger partial charge in [0.1, 0.15) is 11.6 Å². The van der Waals surface area contributed by atoms with Gasteiger partial charge in [0.15, 0.2) is 0 Å². The van der Waals surface area contributed by atoms with Gasteiger partial charge in [0.05, 0.1) is 0 Å². The Morgan fingerprint density at radius 1 is 1.05 bits per heavy atom. The topological polar surface area (TPSA) is 41.9 Å². The summed E-state index contributed by atoms with van der Waals surface area (Å²) in [4.78, 5) is 16.0. The van der Waals surface area contributed by atoms with Crippen molar-refractivity contribution in [3.05, 3.63) is 47.7 Å². The highest BCUT2D eigenvalue weighted by Gasteiger charge is 2.13. The number of hydrogen-bond acceptors (Lipinski definition) is 4. The van der Waals surface area contributed by atoms with Crippen molar-refractivity contribution in [2.75, 3.05) is 18.5 Å². The first kappa shape index (κ1) is 16.4. The third-order valence-corrected chi connectivity index (χ3v) is 3.68. The van der Waals surface area contributed by atoms with E-state index in [1.807, 2.05) is 18.3 Å². The molecule has 0 amide bonds. The second-order valence-corrected chi connectivity index (χ2v) is 6.31. The zero-order valence-corrected chi connectivity index (χ0v) is 14.2. The van der Waals surface area contributed by atoms with Gasteiger partial charge in [-0.2, -0.15) is 0 Å². The lowest BCUT2D eigenvalue weighted by Crippen LogP contribution is -2.23. The molecule has 0 saturated carbocycles. The Labute approximate surface area is 133 Å². The van der Waals surface area contributed by atoms with E-state index in [-0.39, 0.29) is 0 Å². The van der Waals surface area contributed by atoms with Crippen molar-refractivity contribution >= 4 is 5.82 Å². The summed E-state index contributed by atoms with van der Waals surface area (Å²) < 4.78 is 0. The van der Waals surface area contributed by atoms with Crippen molar-refractivity contribution < 1.29 is 0 Å². The molecule has 0 aromatic carbocycles. The maximum Gasteiger partial charge on any atom is 0.133 e. The van der Waals surface area contributed by atoms with E-state index in [0.717, 1.165) is 36.0 Å². The third-order valence-electron chi connectivity index (χ3n) is 3.68. The lowest BCUT2D eigenvalue weighted by molar-refractivity contribution is 0.719. The molecule has 0 saturated heterocycles. The number of hydrogen-bond donors (Lipinski definition) is 0. The van der Waals surface area contributed by atoms with Crippen LogP contribution >= 0.6 is 0 Å². The van der Waals surface area contributed by atoms with Gasteiger partial charge in [-0.3, -0.25) is 4.98 Å². The summed E-state index contributed by atoms with van der Waals surface area (Å²) in [6, 6.07) is 8.14. The van der Waals surface area contributed by atoms with Gasteiger partial charge in [0.2, 0.25) is 0 Å². The van der Waals surface area contributed by atoms with Crippen molar-refractivity contribution in [1.29, 1.82) is 0 Å². The summed E-state index contributed by atoms with van der Waals surface area (Å²) in [7, 11) is 2.08. The number of rotatable bonds is 6. The average Bonchev–Trinajstić information content (AvgIpc) is 2.53. The molecule has 22 heavy (non-hydrogen) atoms. The SMILES string of the molecule is CC(C)c1cc(N(C)CCc2ccccn2)nc(C(C)C)n1. The fourth-order valence-electron chi connectivity index (χ4n) is 2.16. The van der Waals surface area contributed by atoms with Gasteiger partial charge < -0.3 is 4.90 Å². The van der Waals surface area contributed by atoms with Crippen molar-refractivity contribution in [3.63, 3.8) is 0 Å². The van der Waals surface area contributed by atoms with Crippen LogP contribution in [0.25, 0.3) is 0 Å². The third kappa shape index (κ3) is 4.26. The fraction of sp³-hybridized carbons (Fsp3) is 0.500. The average molecular weight is 298 g/mol. The van der Waals surface area contributed by atoms with Gasteiger partial charge in [-0.15, -0.1) is 0 Å². The van der Waals surface area contributed by atoms with Gasteiger partial charge in [0.25, 0.3) is 0 Å². The van der Waals surface area contributed by atoms with Crippen LogP contribution in [0.15, 0.2) is 30.5 Å². The first-order valence-corrected chi connectivity index (χ1v) is 7.97. The molecule has 0 atom stereocenters. The lowest BCUT2D eigenvalue weighted by Gasteiger charge is -2.21. The molecule has 4 nitrogen and oxygen atoms in total. The largest absolute Gasteiger partial charge is 0.359 e. The molecule has 2 aromatic rings. The summed E-state index contributed by atoms with van der Waals surface area (Å²) in [6.45, 7) is 9.51. The van der Waals surface area contributed by atoms with Gasteiger partial charge in [0, 0.05) is 49.6 Å². The molecule has 0 aliphatic rings. The summed E-state index contributed by atoms with van der Waals surface area (Å²) in [5, 5.41) is 0. The molecular formula is C18H26N4.